The van der Waals surface area contributed by atoms with Crippen molar-refractivity contribution in [2.24, 2.45) is 0 Å². The van der Waals surface area contributed by atoms with Crippen molar-refractivity contribution >= 4 is 39.0 Å². The summed E-state index contributed by atoms with van der Waals surface area (Å²) in [5, 5.41) is 2.99. The number of hydrogen-bond acceptors (Lipinski definition) is 4. The highest BCUT2D eigenvalue weighted by molar-refractivity contribution is 7.90. The van der Waals surface area contributed by atoms with E-state index in [0.29, 0.717) is 11.4 Å². The van der Waals surface area contributed by atoms with Gasteiger partial charge in [-0.2, -0.15) is 12.7 Å². The highest BCUT2D eigenvalue weighted by atomic mass is 35.5. The SMILES string of the molecule is CN(C)S(=O)(=O)Nc1ccc(Nc2ccc(F)c(Cl)c2)cn1. The Morgan fingerprint density at radius 2 is 1.86 bits per heavy atom. The lowest BCUT2D eigenvalue weighted by molar-refractivity contribution is 0.526. The molecule has 1 aromatic carbocycles. The summed E-state index contributed by atoms with van der Waals surface area (Å²) in [6.45, 7) is 0. The molecule has 9 heteroatoms. The van der Waals surface area contributed by atoms with Crippen molar-refractivity contribution in [1.82, 2.24) is 9.29 Å². The lowest BCUT2D eigenvalue weighted by Gasteiger charge is -2.13. The van der Waals surface area contributed by atoms with Crippen molar-refractivity contribution in [3.8, 4) is 0 Å². The lowest BCUT2D eigenvalue weighted by Crippen LogP contribution is -2.29. The molecule has 22 heavy (non-hydrogen) atoms. The van der Waals surface area contributed by atoms with E-state index in [-0.39, 0.29) is 10.8 Å². The Kier molecular flexibility index (Phi) is 4.84. The number of benzene rings is 1. The van der Waals surface area contributed by atoms with Gasteiger partial charge in [0.1, 0.15) is 11.6 Å². The molecule has 0 spiro atoms. The summed E-state index contributed by atoms with van der Waals surface area (Å²) in [4.78, 5) is 4.00. The van der Waals surface area contributed by atoms with E-state index in [4.69, 9.17) is 11.6 Å². The molecule has 0 aliphatic rings. The minimum atomic E-state index is -3.59. The molecule has 0 atom stereocenters. The van der Waals surface area contributed by atoms with Gasteiger partial charge in [-0.25, -0.2) is 9.37 Å². The Labute approximate surface area is 133 Å². The van der Waals surface area contributed by atoms with Crippen molar-refractivity contribution in [2.75, 3.05) is 24.1 Å². The normalized spacial score (nSPS) is 11.5. The van der Waals surface area contributed by atoms with Gasteiger partial charge in [0, 0.05) is 19.8 Å². The summed E-state index contributed by atoms with van der Waals surface area (Å²) in [5.74, 6) is -0.310. The van der Waals surface area contributed by atoms with Gasteiger partial charge in [-0.05, 0) is 30.3 Å². The molecule has 0 unspecified atom stereocenters. The van der Waals surface area contributed by atoms with E-state index in [0.717, 1.165) is 4.31 Å². The topological polar surface area (TPSA) is 74.3 Å². The zero-order chi connectivity index (χ0) is 16.3. The number of anilines is 3. The number of pyridine rings is 1. The molecule has 118 valence electrons. The van der Waals surface area contributed by atoms with Gasteiger partial charge >= 0.3 is 10.2 Å². The predicted molar refractivity (Wildman–Crippen MR) is 85.2 cm³/mol. The first kappa shape index (κ1) is 16.5. The molecule has 0 aliphatic carbocycles. The van der Waals surface area contributed by atoms with E-state index in [2.05, 4.69) is 15.0 Å². The average Bonchev–Trinajstić information content (AvgIpc) is 2.44. The van der Waals surface area contributed by atoms with Gasteiger partial charge in [0.05, 0.1) is 16.9 Å². The molecule has 0 radical (unpaired) electrons. The average molecular weight is 345 g/mol. The highest BCUT2D eigenvalue weighted by Crippen LogP contribution is 2.23. The van der Waals surface area contributed by atoms with E-state index in [1.54, 1.807) is 6.07 Å². The van der Waals surface area contributed by atoms with E-state index in [1.807, 2.05) is 0 Å². The summed E-state index contributed by atoms with van der Waals surface area (Å²) in [6.07, 6.45) is 1.45. The maximum Gasteiger partial charge on any atom is 0.302 e. The Balaban J connectivity index is 2.10. The van der Waals surface area contributed by atoms with Crippen LogP contribution >= 0.6 is 11.6 Å². The number of nitrogens with zero attached hydrogens (tertiary/aromatic N) is 2. The summed E-state index contributed by atoms with van der Waals surface area (Å²) in [6, 6.07) is 7.37. The van der Waals surface area contributed by atoms with Crippen LogP contribution in [0.4, 0.5) is 21.6 Å². The second kappa shape index (κ2) is 6.47. The van der Waals surface area contributed by atoms with Crippen LogP contribution in [0.2, 0.25) is 5.02 Å². The molecule has 2 rings (SSSR count). The van der Waals surface area contributed by atoms with Gasteiger partial charge in [-0.15, -0.1) is 0 Å². The first-order valence-electron chi connectivity index (χ1n) is 6.16. The van der Waals surface area contributed by atoms with E-state index < -0.39 is 16.0 Å². The first-order chi connectivity index (χ1) is 10.3. The molecule has 0 saturated heterocycles. The van der Waals surface area contributed by atoms with Crippen molar-refractivity contribution in [2.45, 2.75) is 0 Å². The Hall–Kier alpha value is -1.90. The van der Waals surface area contributed by atoms with E-state index >= 15 is 0 Å². The molecular formula is C13H14ClFN4O2S. The van der Waals surface area contributed by atoms with Crippen LogP contribution in [0.15, 0.2) is 36.5 Å². The summed E-state index contributed by atoms with van der Waals surface area (Å²) in [5.41, 5.74) is 1.20. The molecule has 2 N–H and O–H groups in total. The second-order valence-corrected chi connectivity index (χ2v) is 6.87. The molecule has 0 bridgehead atoms. The van der Waals surface area contributed by atoms with Crippen LogP contribution in [-0.2, 0) is 10.2 Å². The molecule has 1 aromatic heterocycles. The molecule has 0 amide bonds. The maximum atomic E-state index is 13.1. The third-order valence-electron chi connectivity index (χ3n) is 2.69. The summed E-state index contributed by atoms with van der Waals surface area (Å²) < 4.78 is 39.7. The third-order valence-corrected chi connectivity index (χ3v) is 4.40. The van der Waals surface area contributed by atoms with Crippen LogP contribution in [0.5, 0.6) is 0 Å². The van der Waals surface area contributed by atoms with Crippen LogP contribution in [0.1, 0.15) is 0 Å². The standard InChI is InChI=1S/C13H14ClFN4O2S/c1-19(2)22(20,21)18-13-6-4-10(8-16-13)17-9-3-5-12(15)11(14)7-9/h3-8,17H,1-2H3,(H,16,18). The summed E-state index contributed by atoms with van der Waals surface area (Å²) >= 11 is 5.70. The quantitative estimate of drug-likeness (QED) is 0.874. The molecule has 0 aliphatic heterocycles. The minimum absolute atomic E-state index is 0.00771. The molecule has 2 aromatic rings. The maximum absolute atomic E-state index is 13.1. The van der Waals surface area contributed by atoms with E-state index in [1.165, 1.54) is 44.6 Å². The van der Waals surface area contributed by atoms with Gasteiger partial charge < -0.3 is 5.32 Å². The molecular weight excluding hydrogens is 331 g/mol. The number of rotatable bonds is 5. The number of halogens is 2. The van der Waals surface area contributed by atoms with Crippen molar-refractivity contribution < 1.29 is 12.8 Å². The lowest BCUT2D eigenvalue weighted by atomic mass is 10.3. The van der Waals surface area contributed by atoms with Gasteiger partial charge in [-0.3, -0.25) is 4.72 Å². The summed E-state index contributed by atoms with van der Waals surface area (Å²) in [7, 11) is -0.766. The van der Waals surface area contributed by atoms with Gasteiger partial charge in [-0.1, -0.05) is 11.6 Å². The van der Waals surface area contributed by atoms with Crippen molar-refractivity contribution in [3.63, 3.8) is 0 Å². The zero-order valence-electron chi connectivity index (χ0n) is 11.8. The first-order valence-corrected chi connectivity index (χ1v) is 7.98. The Morgan fingerprint density at radius 1 is 1.18 bits per heavy atom. The number of hydrogen-bond donors (Lipinski definition) is 2. The third kappa shape index (κ3) is 4.06. The molecule has 6 nitrogen and oxygen atoms in total. The van der Waals surface area contributed by atoms with Gasteiger partial charge in [0.15, 0.2) is 0 Å². The minimum Gasteiger partial charge on any atom is -0.354 e. The van der Waals surface area contributed by atoms with Gasteiger partial charge in [0.2, 0.25) is 0 Å². The van der Waals surface area contributed by atoms with Crippen LogP contribution in [0.3, 0.4) is 0 Å². The smallest absolute Gasteiger partial charge is 0.302 e. The second-order valence-electron chi connectivity index (χ2n) is 4.58. The van der Waals surface area contributed by atoms with Crippen LogP contribution in [-0.4, -0.2) is 31.8 Å². The zero-order valence-corrected chi connectivity index (χ0v) is 13.4. The van der Waals surface area contributed by atoms with Crippen molar-refractivity contribution in [1.29, 1.82) is 0 Å². The Morgan fingerprint density at radius 3 is 2.41 bits per heavy atom. The van der Waals surface area contributed by atoms with Crippen LogP contribution in [0.25, 0.3) is 0 Å². The molecule has 0 fully saturated rings. The predicted octanol–water partition coefficient (Wildman–Crippen LogP) is 2.84. The monoisotopic (exact) mass is 344 g/mol. The molecule has 1 heterocycles. The highest BCUT2D eigenvalue weighted by Gasteiger charge is 2.13. The van der Waals surface area contributed by atoms with Crippen LogP contribution in [0, 0.1) is 5.82 Å². The van der Waals surface area contributed by atoms with Gasteiger partial charge in [0.25, 0.3) is 0 Å². The molecule has 0 saturated carbocycles. The number of aromatic nitrogens is 1. The fraction of sp³-hybridized carbons (Fsp3) is 0.154. The van der Waals surface area contributed by atoms with Crippen molar-refractivity contribution in [3.05, 3.63) is 47.4 Å². The van der Waals surface area contributed by atoms with Crippen LogP contribution < -0.4 is 10.0 Å². The largest absolute Gasteiger partial charge is 0.354 e. The number of nitrogens with one attached hydrogen (secondary N) is 2. The Bertz CT molecular complexity index is 766. The fourth-order valence-corrected chi connectivity index (χ4v) is 2.24. The fourth-order valence-electron chi connectivity index (χ4n) is 1.49. The van der Waals surface area contributed by atoms with E-state index in [9.17, 15) is 12.8 Å².